The van der Waals surface area contributed by atoms with Crippen LogP contribution >= 0.6 is 0 Å². The van der Waals surface area contributed by atoms with Crippen LogP contribution in [0, 0.1) is 0 Å². The predicted octanol–water partition coefficient (Wildman–Crippen LogP) is 2.20. The van der Waals surface area contributed by atoms with Gasteiger partial charge in [0.2, 0.25) is 0 Å². The molecule has 1 N–H and O–H groups in total. The van der Waals surface area contributed by atoms with Crippen molar-refractivity contribution in [3.63, 3.8) is 0 Å². The van der Waals surface area contributed by atoms with Gasteiger partial charge in [-0.25, -0.2) is 0 Å². The lowest BCUT2D eigenvalue weighted by Gasteiger charge is -2.22. The van der Waals surface area contributed by atoms with Crippen molar-refractivity contribution in [3.05, 3.63) is 18.5 Å². The van der Waals surface area contributed by atoms with Crippen LogP contribution in [0.1, 0.15) is 38.5 Å². The molecular formula is C12H21N3. The standard InChI is InChI=1S/C12H21N3/c1-2-6-12(7-3-1)13-8-4-10-15-11-5-9-14-15/h5,9,11-13H,1-4,6-8,10H2. The van der Waals surface area contributed by atoms with Crippen molar-refractivity contribution in [2.45, 2.75) is 51.1 Å². The third-order valence-electron chi connectivity index (χ3n) is 3.16. The second kappa shape index (κ2) is 5.91. The monoisotopic (exact) mass is 207 g/mol. The molecular weight excluding hydrogens is 186 g/mol. The molecule has 0 atom stereocenters. The van der Waals surface area contributed by atoms with Crippen molar-refractivity contribution < 1.29 is 0 Å². The summed E-state index contributed by atoms with van der Waals surface area (Å²) in [5, 5.41) is 7.83. The number of hydrogen-bond donors (Lipinski definition) is 1. The molecule has 15 heavy (non-hydrogen) atoms. The topological polar surface area (TPSA) is 29.9 Å². The summed E-state index contributed by atoms with van der Waals surface area (Å²) in [6.45, 7) is 2.16. The molecule has 84 valence electrons. The van der Waals surface area contributed by atoms with E-state index in [0.29, 0.717) is 0 Å². The summed E-state index contributed by atoms with van der Waals surface area (Å²) >= 11 is 0. The molecule has 0 aliphatic heterocycles. The quantitative estimate of drug-likeness (QED) is 0.750. The van der Waals surface area contributed by atoms with Crippen molar-refractivity contribution in [1.82, 2.24) is 15.1 Å². The first-order valence-electron chi connectivity index (χ1n) is 6.16. The molecule has 0 radical (unpaired) electrons. The molecule has 1 aliphatic rings. The highest BCUT2D eigenvalue weighted by Crippen LogP contribution is 2.17. The SMILES string of the molecule is c1cnn(CCCNC2CCCCC2)c1. The maximum atomic E-state index is 4.19. The first kappa shape index (κ1) is 10.7. The highest BCUT2D eigenvalue weighted by molar-refractivity contribution is 4.77. The molecule has 0 saturated heterocycles. The molecule has 2 rings (SSSR count). The summed E-state index contributed by atoms with van der Waals surface area (Å²) in [6, 6.07) is 2.77. The van der Waals surface area contributed by atoms with Gasteiger partial charge in [0.25, 0.3) is 0 Å². The van der Waals surface area contributed by atoms with E-state index in [-0.39, 0.29) is 0 Å². The molecule has 3 nitrogen and oxygen atoms in total. The second-order valence-electron chi connectivity index (χ2n) is 4.41. The van der Waals surface area contributed by atoms with Crippen molar-refractivity contribution >= 4 is 0 Å². The Morgan fingerprint density at radius 1 is 1.27 bits per heavy atom. The van der Waals surface area contributed by atoms with E-state index < -0.39 is 0 Å². The molecule has 0 amide bonds. The summed E-state index contributed by atoms with van der Waals surface area (Å²) in [5.74, 6) is 0. The van der Waals surface area contributed by atoms with Gasteiger partial charge < -0.3 is 5.32 Å². The maximum absolute atomic E-state index is 4.19. The van der Waals surface area contributed by atoms with E-state index >= 15 is 0 Å². The average Bonchev–Trinajstić information content (AvgIpc) is 2.79. The van der Waals surface area contributed by atoms with Gasteiger partial charge in [-0.05, 0) is 31.9 Å². The van der Waals surface area contributed by atoms with E-state index in [1.807, 2.05) is 23.1 Å². The number of hydrogen-bond acceptors (Lipinski definition) is 2. The third-order valence-corrected chi connectivity index (χ3v) is 3.16. The van der Waals surface area contributed by atoms with Crippen LogP contribution in [0.15, 0.2) is 18.5 Å². The largest absolute Gasteiger partial charge is 0.314 e. The summed E-state index contributed by atoms with van der Waals surface area (Å²) in [4.78, 5) is 0. The molecule has 0 unspecified atom stereocenters. The van der Waals surface area contributed by atoms with Gasteiger partial charge in [-0.2, -0.15) is 5.10 Å². The molecule has 0 aromatic carbocycles. The number of nitrogens with one attached hydrogen (secondary N) is 1. The van der Waals surface area contributed by atoms with Gasteiger partial charge >= 0.3 is 0 Å². The van der Waals surface area contributed by atoms with Gasteiger partial charge in [-0.3, -0.25) is 4.68 Å². The molecule has 1 aromatic rings. The first-order chi connectivity index (χ1) is 7.45. The van der Waals surface area contributed by atoms with Crippen LogP contribution in [0.25, 0.3) is 0 Å². The smallest absolute Gasteiger partial charge is 0.0489 e. The Labute approximate surface area is 91.9 Å². The van der Waals surface area contributed by atoms with Gasteiger partial charge in [0.1, 0.15) is 0 Å². The molecule has 0 bridgehead atoms. The van der Waals surface area contributed by atoms with E-state index in [2.05, 4.69) is 10.4 Å². The summed E-state index contributed by atoms with van der Waals surface area (Å²) in [6.07, 6.45) is 12.1. The number of rotatable bonds is 5. The average molecular weight is 207 g/mol. The summed E-state index contributed by atoms with van der Waals surface area (Å²) < 4.78 is 2.00. The Bertz CT molecular complexity index is 250. The predicted molar refractivity (Wildman–Crippen MR) is 61.7 cm³/mol. The molecule has 1 aromatic heterocycles. The zero-order valence-corrected chi connectivity index (χ0v) is 9.36. The van der Waals surface area contributed by atoms with Crippen LogP contribution in [-0.4, -0.2) is 22.4 Å². The van der Waals surface area contributed by atoms with Crippen LogP contribution in [0.5, 0.6) is 0 Å². The minimum atomic E-state index is 0.788. The Hall–Kier alpha value is -0.830. The highest BCUT2D eigenvalue weighted by Gasteiger charge is 2.11. The fraction of sp³-hybridized carbons (Fsp3) is 0.750. The van der Waals surface area contributed by atoms with E-state index in [4.69, 9.17) is 0 Å². The van der Waals surface area contributed by atoms with Crippen molar-refractivity contribution in [2.24, 2.45) is 0 Å². The fourth-order valence-electron chi connectivity index (χ4n) is 2.29. The van der Waals surface area contributed by atoms with Crippen LogP contribution in [0.2, 0.25) is 0 Å². The number of aryl methyl sites for hydroxylation is 1. The molecule has 1 heterocycles. The van der Waals surface area contributed by atoms with Crippen molar-refractivity contribution in [2.75, 3.05) is 6.54 Å². The van der Waals surface area contributed by atoms with E-state index in [1.165, 1.54) is 38.5 Å². The van der Waals surface area contributed by atoms with Crippen LogP contribution in [0.3, 0.4) is 0 Å². The lowest BCUT2D eigenvalue weighted by Crippen LogP contribution is -2.32. The minimum absolute atomic E-state index is 0.788. The second-order valence-corrected chi connectivity index (χ2v) is 4.41. The van der Waals surface area contributed by atoms with Gasteiger partial charge in [-0.15, -0.1) is 0 Å². The maximum Gasteiger partial charge on any atom is 0.0489 e. The normalized spacial score (nSPS) is 18.1. The Balaban J connectivity index is 1.54. The molecule has 1 fully saturated rings. The van der Waals surface area contributed by atoms with E-state index in [9.17, 15) is 0 Å². The Morgan fingerprint density at radius 2 is 2.13 bits per heavy atom. The van der Waals surface area contributed by atoms with Crippen molar-refractivity contribution in [3.8, 4) is 0 Å². The Kier molecular flexibility index (Phi) is 4.21. The lowest BCUT2D eigenvalue weighted by atomic mass is 9.95. The fourth-order valence-corrected chi connectivity index (χ4v) is 2.29. The Morgan fingerprint density at radius 3 is 2.87 bits per heavy atom. The van der Waals surface area contributed by atoms with Crippen LogP contribution in [0.4, 0.5) is 0 Å². The lowest BCUT2D eigenvalue weighted by molar-refractivity contribution is 0.367. The third kappa shape index (κ3) is 3.67. The summed E-state index contributed by atoms with van der Waals surface area (Å²) in [7, 11) is 0. The first-order valence-corrected chi connectivity index (χ1v) is 6.16. The zero-order chi connectivity index (χ0) is 10.3. The van der Waals surface area contributed by atoms with Gasteiger partial charge in [-0.1, -0.05) is 19.3 Å². The number of aromatic nitrogens is 2. The number of nitrogens with zero attached hydrogens (tertiary/aromatic N) is 2. The van der Waals surface area contributed by atoms with Gasteiger partial charge in [0.05, 0.1) is 0 Å². The van der Waals surface area contributed by atoms with Gasteiger partial charge in [0, 0.05) is 25.0 Å². The van der Waals surface area contributed by atoms with Crippen molar-refractivity contribution in [1.29, 1.82) is 0 Å². The van der Waals surface area contributed by atoms with Gasteiger partial charge in [0.15, 0.2) is 0 Å². The molecule has 3 heteroatoms. The van der Waals surface area contributed by atoms with Crippen LogP contribution < -0.4 is 5.32 Å². The molecule has 0 spiro atoms. The van der Waals surface area contributed by atoms with Crippen LogP contribution in [-0.2, 0) is 6.54 Å². The summed E-state index contributed by atoms with van der Waals surface area (Å²) in [5.41, 5.74) is 0. The van der Waals surface area contributed by atoms with E-state index in [1.54, 1.807) is 0 Å². The van der Waals surface area contributed by atoms with E-state index in [0.717, 1.165) is 19.1 Å². The minimum Gasteiger partial charge on any atom is -0.314 e. The molecule has 1 saturated carbocycles. The molecule has 1 aliphatic carbocycles. The highest BCUT2D eigenvalue weighted by atomic mass is 15.3. The zero-order valence-electron chi connectivity index (χ0n) is 9.36.